The Bertz CT molecular complexity index is 729. The number of rotatable bonds is 10. The first-order chi connectivity index (χ1) is 18.2. The maximum atomic E-state index is 12.5. The van der Waals surface area contributed by atoms with Crippen molar-refractivity contribution < 1.29 is 9.53 Å². The summed E-state index contributed by atoms with van der Waals surface area (Å²) < 4.78 is 5.65. The van der Waals surface area contributed by atoms with E-state index in [2.05, 4.69) is 25.8 Å². The Balaban J connectivity index is 1.36. The molecule has 3 aliphatic rings. The zero-order valence-electron chi connectivity index (χ0n) is 23.5. The Morgan fingerprint density at radius 3 is 1.97 bits per heavy atom. The first-order valence-corrected chi connectivity index (χ1v) is 15.6. The summed E-state index contributed by atoms with van der Waals surface area (Å²) in [7, 11) is 2.81. The lowest BCUT2D eigenvalue weighted by Gasteiger charge is -2.34. The minimum atomic E-state index is -0.0283. The first kappa shape index (κ1) is 29.8. The van der Waals surface area contributed by atoms with Crippen LogP contribution in [0.4, 0.5) is 0 Å². The zero-order valence-corrected chi connectivity index (χ0v) is 23.5. The Morgan fingerprint density at radius 2 is 1.30 bits per heavy atom. The van der Waals surface area contributed by atoms with E-state index in [9.17, 15) is 4.79 Å². The van der Waals surface area contributed by atoms with E-state index >= 15 is 0 Å². The standard InChI is InChI=1S/C33H53BNO2/c1-3-5-21-32(14-4-2)37-26-33(36)35-31-24-22-28(23-25-31)27-15-11-12-19-30(20-13-16-27)34-29-17-9-7-6-8-10-18-29/h3-5,14,21,27-31H,1-2,6-13,15-20,22-26H2,(H,35,36)/b21-5-,32-14+. The van der Waals surface area contributed by atoms with E-state index < -0.39 is 0 Å². The average molecular weight is 507 g/mol. The lowest BCUT2D eigenvalue weighted by Crippen LogP contribution is -2.40. The van der Waals surface area contributed by atoms with Gasteiger partial charge in [-0.1, -0.05) is 133 Å². The largest absolute Gasteiger partial charge is 0.484 e. The molecule has 0 bridgehead atoms. The summed E-state index contributed by atoms with van der Waals surface area (Å²) in [5.41, 5.74) is 0. The molecule has 37 heavy (non-hydrogen) atoms. The molecule has 1 N–H and O–H groups in total. The second-order valence-corrected chi connectivity index (χ2v) is 11.9. The van der Waals surface area contributed by atoms with Gasteiger partial charge in [0.25, 0.3) is 5.91 Å². The number of ether oxygens (including phenoxy) is 1. The molecule has 0 aromatic rings. The lowest BCUT2D eigenvalue weighted by molar-refractivity contribution is -0.125. The van der Waals surface area contributed by atoms with Gasteiger partial charge >= 0.3 is 0 Å². The van der Waals surface area contributed by atoms with E-state index in [-0.39, 0.29) is 12.5 Å². The predicted molar refractivity (Wildman–Crippen MR) is 159 cm³/mol. The molecule has 0 aromatic heterocycles. The molecule has 0 aromatic carbocycles. The van der Waals surface area contributed by atoms with Gasteiger partial charge in [0, 0.05) is 6.04 Å². The molecule has 2 unspecified atom stereocenters. The number of carbonyl (C=O) groups excluding carboxylic acids is 1. The van der Waals surface area contributed by atoms with Crippen molar-refractivity contribution in [2.75, 3.05) is 6.61 Å². The van der Waals surface area contributed by atoms with Crippen molar-refractivity contribution in [1.82, 2.24) is 5.32 Å². The van der Waals surface area contributed by atoms with E-state index in [1.54, 1.807) is 30.4 Å². The quantitative estimate of drug-likeness (QED) is 0.183. The van der Waals surface area contributed by atoms with Gasteiger partial charge in [-0.05, 0) is 49.7 Å². The molecular formula is C33H53BNO2. The summed E-state index contributed by atoms with van der Waals surface area (Å²) in [4.78, 5) is 12.5. The average Bonchev–Trinajstić information content (AvgIpc) is 3.00. The van der Waals surface area contributed by atoms with Gasteiger partial charge in [-0.3, -0.25) is 4.79 Å². The van der Waals surface area contributed by atoms with Gasteiger partial charge in [-0.2, -0.15) is 0 Å². The van der Waals surface area contributed by atoms with Crippen LogP contribution in [0.1, 0.15) is 116 Å². The molecule has 3 rings (SSSR count). The summed E-state index contributed by atoms with van der Waals surface area (Å²) in [6, 6.07) is 0.294. The highest BCUT2D eigenvalue weighted by Crippen LogP contribution is 2.39. The molecule has 1 amide bonds. The predicted octanol–water partition coefficient (Wildman–Crippen LogP) is 8.88. The fraction of sp³-hybridized carbons (Fsp3) is 0.727. The Kier molecular flexibility index (Phi) is 14.3. The summed E-state index contributed by atoms with van der Waals surface area (Å²) in [6.07, 6.45) is 33.5. The van der Waals surface area contributed by atoms with Crippen molar-refractivity contribution in [3.05, 3.63) is 49.3 Å². The summed E-state index contributed by atoms with van der Waals surface area (Å²) in [6.45, 7) is 7.42. The minimum absolute atomic E-state index is 0.0283. The minimum Gasteiger partial charge on any atom is -0.484 e. The fourth-order valence-corrected chi connectivity index (χ4v) is 7.06. The Labute approximate surface area is 228 Å². The summed E-state index contributed by atoms with van der Waals surface area (Å²) >= 11 is 0. The van der Waals surface area contributed by atoms with Gasteiger partial charge in [0.2, 0.25) is 0 Å². The SMILES string of the molecule is C=C/C=C\C(=C/C=C)OCC(=O)NC1CCC(C2CCCCC([B]C3CCCCCCC3)CCC2)CC1. The molecule has 1 radical (unpaired) electrons. The van der Waals surface area contributed by atoms with Crippen LogP contribution in [0.15, 0.2) is 49.3 Å². The molecule has 3 saturated carbocycles. The highest BCUT2D eigenvalue weighted by molar-refractivity contribution is 6.39. The van der Waals surface area contributed by atoms with Gasteiger partial charge in [-0.15, -0.1) is 0 Å². The molecule has 3 nitrogen and oxygen atoms in total. The van der Waals surface area contributed by atoms with Crippen LogP contribution >= 0.6 is 0 Å². The van der Waals surface area contributed by atoms with E-state index in [4.69, 9.17) is 4.74 Å². The van der Waals surface area contributed by atoms with Crippen molar-refractivity contribution in [1.29, 1.82) is 0 Å². The monoisotopic (exact) mass is 506 g/mol. The Morgan fingerprint density at radius 1 is 0.730 bits per heavy atom. The van der Waals surface area contributed by atoms with Crippen molar-refractivity contribution in [2.24, 2.45) is 11.8 Å². The van der Waals surface area contributed by atoms with E-state index in [1.165, 1.54) is 103 Å². The second kappa shape index (κ2) is 17.7. The fourth-order valence-electron chi connectivity index (χ4n) is 7.06. The number of allylic oxidation sites excluding steroid dienone is 5. The van der Waals surface area contributed by atoms with Crippen LogP contribution in [0.25, 0.3) is 0 Å². The van der Waals surface area contributed by atoms with Crippen molar-refractivity contribution in [3.8, 4) is 0 Å². The van der Waals surface area contributed by atoms with Gasteiger partial charge in [0.1, 0.15) is 13.0 Å². The van der Waals surface area contributed by atoms with Crippen molar-refractivity contribution in [3.63, 3.8) is 0 Å². The van der Waals surface area contributed by atoms with Crippen LogP contribution in [-0.2, 0) is 9.53 Å². The summed E-state index contributed by atoms with van der Waals surface area (Å²) in [5, 5.41) is 3.22. The third kappa shape index (κ3) is 11.7. The van der Waals surface area contributed by atoms with Crippen LogP contribution in [0.2, 0.25) is 11.6 Å². The number of hydrogen-bond acceptors (Lipinski definition) is 2. The number of hydrogen-bond donors (Lipinski definition) is 1. The van der Waals surface area contributed by atoms with Crippen LogP contribution in [-0.4, -0.2) is 25.8 Å². The van der Waals surface area contributed by atoms with Crippen LogP contribution < -0.4 is 5.32 Å². The molecule has 4 heteroatoms. The van der Waals surface area contributed by atoms with Gasteiger partial charge < -0.3 is 10.1 Å². The van der Waals surface area contributed by atoms with E-state index in [1.807, 2.05) is 0 Å². The maximum absolute atomic E-state index is 12.5. The molecular weight excluding hydrogens is 453 g/mol. The normalized spacial score (nSPS) is 29.1. The second-order valence-electron chi connectivity index (χ2n) is 11.9. The zero-order chi connectivity index (χ0) is 26.1. The summed E-state index contributed by atoms with van der Waals surface area (Å²) in [5.74, 6) is 4.10. The third-order valence-corrected chi connectivity index (χ3v) is 9.10. The maximum Gasteiger partial charge on any atom is 0.258 e. The smallest absolute Gasteiger partial charge is 0.258 e. The van der Waals surface area contributed by atoms with E-state index in [0.29, 0.717) is 11.8 Å². The first-order valence-electron chi connectivity index (χ1n) is 15.6. The molecule has 2 atom stereocenters. The topological polar surface area (TPSA) is 38.3 Å². The molecule has 0 spiro atoms. The number of nitrogens with one attached hydrogen (secondary N) is 1. The van der Waals surface area contributed by atoms with Crippen LogP contribution in [0.3, 0.4) is 0 Å². The molecule has 3 aliphatic carbocycles. The van der Waals surface area contributed by atoms with Gasteiger partial charge in [0.05, 0.1) is 0 Å². The molecule has 3 fully saturated rings. The van der Waals surface area contributed by atoms with Crippen molar-refractivity contribution in [2.45, 2.75) is 133 Å². The molecule has 0 heterocycles. The number of carbonyl (C=O) groups is 1. The molecule has 0 aliphatic heterocycles. The lowest BCUT2D eigenvalue weighted by atomic mass is 9.50. The Hall–Kier alpha value is -1.71. The highest BCUT2D eigenvalue weighted by Gasteiger charge is 2.29. The number of amides is 1. The van der Waals surface area contributed by atoms with Gasteiger partial charge in [0.15, 0.2) is 6.61 Å². The van der Waals surface area contributed by atoms with E-state index in [0.717, 1.165) is 36.3 Å². The molecule has 0 saturated heterocycles. The van der Waals surface area contributed by atoms with Crippen LogP contribution in [0, 0.1) is 11.8 Å². The molecule has 205 valence electrons. The van der Waals surface area contributed by atoms with Crippen molar-refractivity contribution >= 4 is 13.2 Å². The van der Waals surface area contributed by atoms with Gasteiger partial charge in [-0.25, -0.2) is 0 Å². The van der Waals surface area contributed by atoms with Crippen LogP contribution in [0.5, 0.6) is 0 Å². The third-order valence-electron chi connectivity index (χ3n) is 9.10. The highest BCUT2D eigenvalue weighted by atomic mass is 16.5.